The van der Waals surface area contributed by atoms with E-state index >= 15 is 0 Å². The normalized spacial score (nSPS) is 21.7. The summed E-state index contributed by atoms with van der Waals surface area (Å²) in [7, 11) is 1.72. The Kier molecular flexibility index (Phi) is 3.61. The Labute approximate surface area is 154 Å². The number of amides is 1. The summed E-state index contributed by atoms with van der Waals surface area (Å²) in [5.74, 6) is -0.130. The summed E-state index contributed by atoms with van der Waals surface area (Å²) >= 11 is 0. The number of fused-ring (bicyclic) bond motifs is 4. The molecule has 8 heteroatoms. The van der Waals surface area contributed by atoms with E-state index in [1.54, 1.807) is 22.7 Å². The maximum Gasteiger partial charge on any atom is 0.254 e. The number of likely N-dealkylation sites (tertiary alicyclic amines) is 1. The van der Waals surface area contributed by atoms with E-state index < -0.39 is 0 Å². The molecule has 8 nitrogen and oxygen atoms in total. The lowest BCUT2D eigenvalue weighted by Crippen LogP contribution is -2.50. The summed E-state index contributed by atoms with van der Waals surface area (Å²) in [5, 5.41) is 8.93. The first-order valence-electron chi connectivity index (χ1n) is 9.02. The Bertz CT molecular complexity index is 1100. The number of para-hydroxylation sites is 1. The Balaban J connectivity index is 1.52. The number of pyridine rings is 1. The number of hydrogen-bond donors (Lipinski definition) is 0. The summed E-state index contributed by atoms with van der Waals surface area (Å²) in [6.45, 7) is 1.58. The molecule has 2 aliphatic rings. The van der Waals surface area contributed by atoms with E-state index in [9.17, 15) is 9.59 Å². The van der Waals surface area contributed by atoms with Crippen molar-refractivity contribution >= 4 is 16.8 Å². The average Bonchev–Trinajstić information content (AvgIpc) is 3.19. The van der Waals surface area contributed by atoms with Gasteiger partial charge in [-0.15, -0.1) is 5.10 Å². The molecule has 0 aliphatic carbocycles. The van der Waals surface area contributed by atoms with E-state index in [0.717, 1.165) is 23.0 Å². The number of hydrogen-bond acceptors (Lipinski definition) is 5. The SMILES string of the molecule is Cn1c(=O)cc(C(=O)N2CC[C@H]3OCc4cnnn4[C@H]3C2)c2ccccc21. The maximum atomic E-state index is 13.3. The van der Waals surface area contributed by atoms with Gasteiger partial charge in [0.05, 0.1) is 41.7 Å². The molecule has 1 fully saturated rings. The third-order valence-electron chi connectivity index (χ3n) is 5.60. The number of nitrogens with zero attached hydrogens (tertiary/aromatic N) is 5. The van der Waals surface area contributed by atoms with Gasteiger partial charge in [-0.25, -0.2) is 4.68 Å². The predicted octanol–water partition coefficient (Wildman–Crippen LogP) is 1.12. The van der Waals surface area contributed by atoms with Crippen molar-refractivity contribution in [3.63, 3.8) is 0 Å². The number of carbonyl (C=O) groups excluding carboxylic acids is 1. The van der Waals surface area contributed by atoms with Crippen LogP contribution in [0.15, 0.2) is 41.3 Å². The molecule has 27 heavy (non-hydrogen) atoms. The monoisotopic (exact) mass is 365 g/mol. The summed E-state index contributed by atoms with van der Waals surface area (Å²) in [4.78, 5) is 27.4. The molecule has 1 amide bonds. The van der Waals surface area contributed by atoms with Gasteiger partial charge in [0.1, 0.15) is 0 Å². The van der Waals surface area contributed by atoms with Crippen molar-refractivity contribution in [2.45, 2.75) is 25.2 Å². The molecule has 2 aliphatic heterocycles. The van der Waals surface area contributed by atoms with Crippen molar-refractivity contribution < 1.29 is 9.53 Å². The minimum absolute atomic E-state index is 0.0311. The molecule has 2 atom stereocenters. The van der Waals surface area contributed by atoms with Crippen LogP contribution in [0.5, 0.6) is 0 Å². The van der Waals surface area contributed by atoms with E-state index in [0.29, 0.717) is 25.3 Å². The Morgan fingerprint density at radius 3 is 3.04 bits per heavy atom. The summed E-state index contributed by atoms with van der Waals surface area (Å²) in [6.07, 6.45) is 2.47. The number of aryl methyl sites for hydroxylation is 1. The Morgan fingerprint density at radius 1 is 1.30 bits per heavy atom. The fraction of sp³-hybridized carbons (Fsp3) is 0.368. The maximum absolute atomic E-state index is 13.3. The molecule has 0 N–H and O–H groups in total. The molecule has 2 aromatic heterocycles. The van der Waals surface area contributed by atoms with Gasteiger partial charge >= 0.3 is 0 Å². The average molecular weight is 365 g/mol. The van der Waals surface area contributed by atoms with E-state index in [1.807, 2.05) is 28.9 Å². The van der Waals surface area contributed by atoms with Crippen molar-refractivity contribution in [3.8, 4) is 0 Å². The van der Waals surface area contributed by atoms with Gasteiger partial charge in [0.25, 0.3) is 11.5 Å². The zero-order valence-corrected chi connectivity index (χ0v) is 14.9. The fourth-order valence-corrected chi connectivity index (χ4v) is 4.12. The van der Waals surface area contributed by atoms with Crippen LogP contribution in [0, 0.1) is 0 Å². The van der Waals surface area contributed by atoms with Crippen LogP contribution in [-0.4, -0.2) is 49.6 Å². The van der Waals surface area contributed by atoms with Gasteiger partial charge in [0.2, 0.25) is 0 Å². The highest BCUT2D eigenvalue weighted by atomic mass is 16.5. The van der Waals surface area contributed by atoms with Crippen LogP contribution in [0.3, 0.4) is 0 Å². The van der Waals surface area contributed by atoms with E-state index in [1.165, 1.54) is 6.07 Å². The minimum Gasteiger partial charge on any atom is -0.370 e. The first-order chi connectivity index (χ1) is 13.1. The van der Waals surface area contributed by atoms with Gasteiger partial charge in [0.15, 0.2) is 0 Å². The summed E-state index contributed by atoms with van der Waals surface area (Å²) in [5.41, 5.74) is 1.93. The lowest BCUT2D eigenvalue weighted by Gasteiger charge is -2.41. The molecule has 4 heterocycles. The Hall–Kier alpha value is -3.00. The molecule has 0 radical (unpaired) electrons. The molecule has 0 unspecified atom stereocenters. The van der Waals surface area contributed by atoms with Crippen LogP contribution in [0.2, 0.25) is 0 Å². The van der Waals surface area contributed by atoms with Crippen molar-refractivity contribution in [1.29, 1.82) is 0 Å². The molecule has 1 saturated heterocycles. The van der Waals surface area contributed by atoms with Gasteiger partial charge in [-0.05, 0) is 12.5 Å². The number of ether oxygens (including phenoxy) is 1. The van der Waals surface area contributed by atoms with E-state index in [4.69, 9.17) is 4.74 Å². The molecular weight excluding hydrogens is 346 g/mol. The van der Waals surface area contributed by atoms with Crippen LogP contribution in [0.25, 0.3) is 10.9 Å². The highest BCUT2D eigenvalue weighted by molar-refractivity contribution is 6.06. The number of benzene rings is 1. The molecule has 0 spiro atoms. The zero-order valence-electron chi connectivity index (χ0n) is 14.9. The summed E-state index contributed by atoms with van der Waals surface area (Å²) < 4.78 is 9.35. The van der Waals surface area contributed by atoms with Crippen LogP contribution < -0.4 is 5.56 Å². The third kappa shape index (κ3) is 2.48. The third-order valence-corrected chi connectivity index (χ3v) is 5.60. The standard InChI is InChI=1S/C19H19N5O3/c1-22-15-5-3-2-4-13(15)14(8-18(22)25)19(26)23-7-6-17-16(10-23)24-12(11-27-17)9-20-21-24/h2-5,8-9,16-17H,6-7,10-11H2,1H3/t16-,17+/m0/s1. The zero-order chi connectivity index (χ0) is 18.5. The largest absolute Gasteiger partial charge is 0.370 e. The fourth-order valence-electron chi connectivity index (χ4n) is 4.12. The predicted molar refractivity (Wildman–Crippen MR) is 97.3 cm³/mol. The Morgan fingerprint density at radius 2 is 2.15 bits per heavy atom. The molecular formula is C19H19N5O3. The molecule has 0 bridgehead atoms. The number of piperidine rings is 1. The lowest BCUT2D eigenvalue weighted by atomic mass is 9.99. The lowest BCUT2D eigenvalue weighted by molar-refractivity contribution is -0.0604. The second-order valence-electron chi connectivity index (χ2n) is 7.10. The molecule has 3 aromatic rings. The first-order valence-corrected chi connectivity index (χ1v) is 9.02. The number of aromatic nitrogens is 4. The van der Waals surface area contributed by atoms with Gasteiger partial charge < -0.3 is 14.2 Å². The van der Waals surface area contributed by atoms with Crippen LogP contribution in [0.4, 0.5) is 0 Å². The van der Waals surface area contributed by atoms with Crippen molar-refractivity contribution in [2.75, 3.05) is 13.1 Å². The van der Waals surface area contributed by atoms with E-state index in [2.05, 4.69) is 10.3 Å². The second-order valence-corrected chi connectivity index (χ2v) is 7.10. The topological polar surface area (TPSA) is 82.2 Å². The van der Waals surface area contributed by atoms with Gasteiger partial charge in [0, 0.05) is 31.6 Å². The highest BCUT2D eigenvalue weighted by Gasteiger charge is 2.38. The van der Waals surface area contributed by atoms with Crippen LogP contribution in [-0.2, 0) is 18.4 Å². The molecule has 5 rings (SSSR count). The second kappa shape index (κ2) is 6.02. The van der Waals surface area contributed by atoms with Crippen LogP contribution in [0.1, 0.15) is 28.5 Å². The van der Waals surface area contributed by atoms with E-state index in [-0.39, 0.29) is 23.6 Å². The van der Waals surface area contributed by atoms with Gasteiger partial charge in [-0.1, -0.05) is 23.4 Å². The molecule has 138 valence electrons. The van der Waals surface area contributed by atoms with Crippen molar-refractivity contribution in [3.05, 3.63) is 58.1 Å². The van der Waals surface area contributed by atoms with Crippen molar-refractivity contribution in [1.82, 2.24) is 24.5 Å². The van der Waals surface area contributed by atoms with Gasteiger partial charge in [-0.2, -0.15) is 0 Å². The number of carbonyl (C=O) groups is 1. The smallest absolute Gasteiger partial charge is 0.254 e. The minimum atomic E-state index is -0.188. The van der Waals surface area contributed by atoms with Gasteiger partial charge in [-0.3, -0.25) is 9.59 Å². The number of rotatable bonds is 1. The summed E-state index contributed by atoms with van der Waals surface area (Å²) in [6, 6.07) is 8.88. The van der Waals surface area contributed by atoms with Crippen LogP contribution >= 0.6 is 0 Å². The first kappa shape index (κ1) is 16.2. The molecule has 1 aromatic carbocycles. The quantitative estimate of drug-likeness (QED) is 0.645. The van der Waals surface area contributed by atoms with Crippen molar-refractivity contribution in [2.24, 2.45) is 7.05 Å². The highest BCUT2D eigenvalue weighted by Crippen LogP contribution is 2.31. The molecule has 0 saturated carbocycles.